The number of carbonyl (C=O) groups is 2. The summed E-state index contributed by atoms with van der Waals surface area (Å²) < 4.78 is 0. The van der Waals surface area contributed by atoms with Gasteiger partial charge >= 0.3 is 11.9 Å². The summed E-state index contributed by atoms with van der Waals surface area (Å²) in [4.78, 5) is 24.0. The molecule has 0 bridgehead atoms. The van der Waals surface area contributed by atoms with Gasteiger partial charge in [0.1, 0.15) is 0 Å². The number of carbonyl (C=O) groups excluding carboxylic acids is 1. The van der Waals surface area contributed by atoms with E-state index in [2.05, 4.69) is 0 Å². The Morgan fingerprint density at radius 3 is 1.92 bits per heavy atom. The number of likely N-dealkylation sites (N-methyl/N-ethyl adjacent to an activating group) is 2. The van der Waals surface area contributed by atoms with Crippen molar-refractivity contribution in [1.82, 2.24) is 9.80 Å². The van der Waals surface area contributed by atoms with E-state index in [9.17, 15) is 9.59 Å². The van der Waals surface area contributed by atoms with E-state index in [1.165, 1.54) is 11.9 Å². The quantitative estimate of drug-likeness (QED) is 0.639. The van der Waals surface area contributed by atoms with Gasteiger partial charge < -0.3 is 14.9 Å². The Hall–Kier alpha value is -0.810. The molecule has 0 spiro atoms. The summed E-state index contributed by atoms with van der Waals surface area (Å²) in [6, 6.07) is 0. The molecule has 0 rings (SSSR count). The summed E-state index contributed by atoms with van der Waals surface area (Å²) in [7, 11) is 5.19. The average molecular weight is 211 g/mol. The summed E-state index contributed by atoms with van der Waals surface area (Å²) in [5, 5.41) is 8.31. The van der Waals surface area contributed by atoms with Crippen LogP contribution in [0.4, 0.5) is 0 Å². The van der Waals surface area contributed by atoms with Crippen LogP contribution in [-0.2, 0) is 9.59 Å². The lowest BCUT2D eigenvalue weighted by atomic mass is 10.4. The zero-order valence-electron chi connectivity index (χ0n) is 7.98. The predicted molar refractivity (Wildman–Crippen MR) is 51.1 cm³/mol. The molecule has 0 aromatic rings. The number of hydrogen-bond acceptors (Lipinski definition) is 3. The Bertz CT molecular complexity index is 185. The van der Waals surface area contributed by atoms with Crippen molar-refractivity contribution in [2.45, 2.75) is 0 Å². The average Bonchev–Trinajstić information content (AvgIpc) is 1.98. The molecule has 5 nitrogen and oxygen atoms in total. The summed E-state index contributed by atoms with van der Waals surface area (Å²) in [5.74, 6) is -2.27. The molecular formula is C7H15ClN2O3. The first-order valence-corrected chi connectivity index (χ1v) is 3.58. The van der Waals surface area contributed by atoms with Crippen molar-refractivity contribution in [2.24, 2.45) is 0 Å². The van der Waals surface area contributed by atoms with E-state index in [4.69, 9.17) is 5.11 Å². The van der Waals surface area contributed by atoms with Gasteiger partial charge in [0.2, 0.25) is 0 Å². The van der Waals surface area contributed by atoms with E-state index < -0.39 is 11.9 Å². The van der Waals surface area contributed by atoms with E-state index in [1.807, 2.05) is 19.0 Å². The molecule has 0 aliphatic heterocycles. The Kier molecular flexibility index (Phi) is 7.55. The highest BCUT2D eigenvalue weighted by molar-refractivity contribution is 6.31. The fraction of sp³-hybridized carbons (Fsp3) is 0.714. The minimum Gasteiger partial charge on any atom is -0.474 e. The van der Waals surface area contributed by atoms with Gasteiger partial charge in [-0.05, 0) is 14.1 Å². The molecule has 0 atom stereocenters. The molecule has 0 aromatic heterocycles. The Balaban J connectivity index is 0. The van der Waals surface area contributed by atoms with Crippen LogP contribution in [0.3, 0.4) is 0 Å². The summed E-state index contributed by atoms with van der Waals surface area (Å²) >= 11 is 0. The Morgan fingerprint density at radius 1 is 1.15 bits per heavy atom. The number of nitrogens with zero attached hydrogens (tertiary/aromatic N) is 2. The number of hydrogen-bond donors (Lipinski definition) is 1. The second-order valence-electron chi connectivity index (χ2n) is 2.84. The van der Waals surface area contributed by atoms with Crippen LogP contribution in [0.5, 0.6) is 0 Å². The fourth-order valence-electron chi connectivity index (χ4n) is 0.615. The highest BCUT2D eigenvalue weighted by Gasteiger charge is 2.16. The van der Waals surface area contributed by atoms with Gasteiger partial charge in [-0.15, -0.1) is 12.4 Å². The number of carboxylic acid groups (broad SMARTS) is 1. The van der Waals surface area contributed by atoms with Crippen molar-refractivity contribution in [3.05, 3.63) is 0 Å². The molecule has 1 N–H and O–H groups in total. The molecule has 0 aliphatic rings. The van der Waals surface area contributed by atoms with Crippen LogP contribution in [0.15, 0.2) is 0 Å². The van der Waals surface area contributed by atoms with E-state index in [0.717, 1.165) is 0 Å². The number of aliphatic carboxylic acids is 1. The molecule has 0 saturated carbocycles. The summed E-state index contributed by atoms with van der Waals surface area (Å²) in [5.41, 5.74) is 0. The van der Waals surface area contributed by atoms with Crippen LogP contribution in [0.1, 0.15) is 0 Å². The molecular weight excluding hydrogens is 196 g/mol. The van der Waals surface area contributed by atoms with Crippen molar-refractivity contribution in [1.29, 1.82) is 0 Å². The molecule has 1 amide bonds. The molecule has 0 saturated heterocycles. The zero-order valence-corrected chi connectivity index (χ0v) is 8.80. The van der Waals surface area contributed by atoms with Crippen molar-refractivity contribution < 1.29 is 14.7 Å². The van der Waals surface area contributed by atoms with Gasteiger partial charge in [0.15, 0.2) is 0 Å². The van der Waals surface area contributed by atoms with E-state index in [1.54, 1.807) is 0 Å². The number of halogens is 1. The normalized spacial score (nSPS) is 9.23. The molecule has 0 aliphatic carbocycles. The lowest BCUT2D eigenvalue weighted by Gasteiger charge is -2.17. The molecule has 0 aromatic carbocycles. The van der Waals surface area contributed by atoms with Crippen molar-refractivity contribution in [3.8, 4) is 0 Å². The maximum atomic E-state index is 10.8. The van der Waals surface area contributed by atoms with Gasteiger partial charge in [-0.25, -0.2) is 4.79 Å². The van der Waals surface area contributed by atoms with Crippen LogP contribution >= 0.6 is 12.4 Å². The molecule has 78 valence electrons. The highest BCUT2D eigenvalue weighted by Crippen LogP contribution is 1.85. The molecule has 0 fully saturated rings. The van der Waals surface area contributed by atoms with Crippen molar-refractivity contribution in [3.63, 3.8) is 0 Å². The first-order chi connectivity index (χ1) is 5.45. The van der Waals surface area contributed by atoms with Crippen LogP contribution in [-0.4, -0.2) is 61.0 Å². The van der Waals surface area contributed by atoms with Gasteiger partial charge in [-0.3, -0.25) is 4.79 Å². The zero-order chi connectivity index (χ0) is 9.72. The molecule has 6 heteroatoms. The Morgan fingerprint density at radius 2 is 1.62 bits per heavy atom. The van der Waals surface area contributed by atoms with Gasteiger partial charge in [-0.2, -0.15) is 0 Å². The van der Waals surface area contributed by atoms with Crippen LogP contribution in [0, 0.1) is 0 Å². The summed E-state index contributed by atoms with van der Waals surface area (Å²) in [6.45, 7) is 1.09. The van der Waals surface area contributed by atoms with Crippen LogP contribution in [0.25, 0.3) is 0 Å². The van der Waals surface area contributed by atoms with Crippen LogP contribution < -0.4 is 0 Å². The van der Waals surface area contributed by atoms with E-state index >= 15 is 0 Å². The largest absolute Gasteiger partial charge is 0.474 e. The second-order valence-corrected chi connectivity index (χ2v) is 2.84. The monoisotopic (exact) mass is 210 g/mol. The standard InChI is InChI=1S/C7H14N2O3.ClH/c1-8(2)4-5-9(3)6(10)7(11)12;/h4-5H2,1-3H3,(H,11,12);1H. The van der Waals surface area contributed by atoms with Gasteiger partial charge in [-0.1, -0.05) is 0 Å². The Labute approximate surface area is 83.7 Å². The highest BCUT2D eigenvalue weighted by atomic mass is 35.5. The fourth-order valence-corrected chi connectivity index (χ4v) is 0.615. The lowest BCUT2D eigenvalue weighted by molar-refractivity contribution is -0.155. The third kappa shape index (κ3) is 6.36. The molecule has 13 heavy (non-hydrogen) atoms. The minimum absolute atomic E-state index is 0. The third-order valence-electron chi connectivity index (χ3n) is 1.41. The number of amides is 1. The smallest absolute Gasteiger partial charge is 0.394 e. The lowest BCUT2D eigenvalue weighted by Crippen LogP contribution is -2.37. The molecule has 0 unspecified atom stereocenters. The van der Waals surface area contributed by atoms with E-state index in [-0.39, 0.29) is 12.4 Å². The molecule has 0 heterocycles. The number of carboxylic acids is 1. The van der Waals surface area contributed by atoms with E-state index in [0.29, 0.717) is 13.1 Å². The van der Waals surface area contributed by atoms with Crippen molar-refractivity contribution in [2.75, 3.05) is 34.2 Å². The van der Waals surface area contributed by atoms with Crippen molar-refractivity contribution >= 4 is 24.3 Å². The van der Waals surface area contributed by atoms with Gasteiger partial charge in [0.05, 0.1) is 0 Å². The first-order valence-electron chi connectivity index (χ1n) is 3.58. The number of rotatable bonds is 3. The topological polar surface area (TPSA) is 60.9 Å². The predicted octanol–water partition coefficient (Wildman–Crippen LogP) is -0.487. The molecule has 0 radical (unpaired) electrons. The first kappa shape index (κ1) is 14.7. The summed E-state index contributed by atoms with van der Waals surface area (Å²) in [6.07, 6.45) is 0. The van der Waals surface area contributed by atoms with Gasteiger partial charge in [0.25, 0.3) is 0 Å². The third-order valence-corrected chi connectivity index (χ3v) is 1.41. The maximum Gasteiger partial charge on any atom is 0.394 e. The SMILES string of the molecule is CN(C)CCN(C)C(=O)C(=O)O.Cl. The van der Waals surface area contributed by atoms with Crippen LogP contribution in [0.2, 0.25) is 0 Å². The maximum absolute atomic E-state index is 10.8. The minimum atomic E-state index is -1.41. The second kappa shape index (κ2) is 6.68. The van der Waals surface area contributed by atoms with Gasteiger partial charge in [0, 0.05) is 20.1 Å².